The van der Waals surface area contributed by atoms with E-state index in [0.717, 1.165) is 32.8 Å². The molecule has 3 heterocycles. The fraction of sp³-hybridized carbons (Fsp3) is 0.444. The zero-order valence-corrected chi connectivity index (χ0v) is 13.8. The summed E-state index contributed by atoms with van der Waals surface area (Å²) in [5, 5.41) is 0. The zero-order valence-electron chi connectivity index (χ0n) is 13.8. The van der Waals surface area contributed by atoms with Crippen LogP contribution in [0.25, 0.3) is 0 Å². The van der Waals surface area contributed by atoms with Crippen LogP contribution in [-0.4, -0.2) is 60.4 Å². The highest BCUT2D eigenvalue weighted by Crippen LogP contribution is 2.27. The minimum atomic E-state index is 0.206. The molecular weight excluding hydrogens is 304 g/mol. The molecule has 2 aliphatic heterocycles. The molecule has 1 aromatic heterocycles. The van der Waals surface area contributed by atoms with Crippen molar-refractivity contribution in [2.75, 3.05) is 38.3 Å². The first-order valence-electron chi connectivity index (χ1n) is 8.35. The van der Waals surface area contributed by atoms with Gasteiger partial charge < -0.3 is 14.4 Å². The van der Waals surface area contributed by atoms with E-state index in [9.17, 15) is 0 Å². The monoisotopic (exact) mass is 326 g/mol. The smallest absolute Gasteiger partial charge is 0.228 e. The molecule has 0 amide bonds. The Kier molecular flexibility index (Phi) is 4.32. The SMILES string of the molecule is COc1ccnc(N2C[C@@H]3[C@@H](C2)OCCN3Cc2ccccc2)n1. The van der Waals surface area contributed by atoms with Gasteiger partial charge in [-0.15, -0.1) is 0 Å². The number of ether oxygens (including phenoxy) is 2. The van der Waals surface area contributed by atoms with Crippen molar-refractivity contribution in [3.63, 3.8) is 0 Å². The van der Waals surface area contributed by atoms with Crippen molar-refractivity contribution in [3.8, 4) is 5.88 Å². The molecule has 2 aliphatic rings. The molecule has 6 nitrogen and oxygen atoms in total. The van der Waals surface area contributed by atoms with Crippen LogP contribution in [0.4, 0.5) is 5.95 Å². The van der Waals surface area contributed by atoms with E-state index in [1.165, 1.54) is 5.56 Å². The largest absolute Gasteiger partial charge is 0.481 e. The molecule has 126 valence electrons. The first-order chi connectivity index (χ1) is 11.8. The second-order valence-electron chi connectivity index (χ2n) is 6.24. The molecule has 2 saturated heterocycles. The number of aromatic nitrogens is 2. The van der Waals surface area contributed by atoms with Gasteiger partial charge in [0.05, 0.1) is 25.9 Å². The first kappa shape index (κ1) is 15.4. The maximum Gasteiger partial charge on any atom is 0.228 e. The highest BCUT2D eigenvalue weighted by atomic mass is 16.5. The number of methoxy groups -OCH3 is 1. The van der Waals surface area contributed by atoms with E-state index in [4.69, 9.17) is 9.47 Å². The Morgan fingerprint density at radius 1 is 1.21 bits per heavy atom. The average molecular weight is 326 g/mol. The van der Waals surface area contributed by atoms with E-state index < -0.39 is 0 Å². The Bertz CT molecular complexity index is 682. The van der Waals surface area contributed by atoms with Crippen LogP contribution in [0.15, 0.2) is 42.6 Å². The van der Waals surface area contributed by atoms with E-state index in [0.29, 0.717) is 17.9 Å². The van der Waals surface area contributed by atoms with Crippen molar-refractivity contribution in [1.82, 2.24) is 14.9 Å². The van der Waals surface area contributed by atoms with Gasteiger partial charge in [0, 0.05) is 38.4 Å². The van der Waals surface area contributed by atoms with E-state index >= 15 is 0 Å². The molecule has 0 radical (unpaired) electrons. The highest BCUT2D eigenvalue weighted by molar-refractivity contribution is 5.35. The lowest BCUT2D eigenvalue weighted by atomic mass is 10.1. The summed E-state index contributed by atoms with van der Waals surface area (Å²) >= 11 is 0. The Morgan fingerprint density at radius 2 is 2.08 bits per heavy atom. The van der Waals surface area contributed by atoms with Crippen molar-refractivity contribution >= 4 is 5.95 Å². The van der Waals surface area contributed by atoms with Crippen molar-refractivity contribution in [2.45, 2.75) is 18.7 Å². The summed E-state index contributed by atoms with van der Waals surface area (Å²) in [7, 11) is 1.63. The number of nitrogens with zero attached hydrogens (tertiary/aromatic N) is 4. The lowest BCUT2D eigenvalue weighted by Gasteiger charge is -2.36. The van der Waals surface area contributed by atoms with Crippen molar-refractivity contribution in [2.24, 2.45) is 0 Å². The van der Waals surface area contributed by atoms with Gasteiger partial charge in [-0.3, -0.25) is 4.90 Å². The van der Waals surface area contributed by atoms with Crippen LogP contribution in [0.1, 0.15) is 5.56 Å². The standard InChI is InChI=1S/C18H22N4O2/c1-23-17-7-8-19-18(20-17)22-12-15-16(13-22)24-10-9-21(15)11-14-5-3-2-4-6-14/h2-8,15-16H,9-13H2,1H3/t15-,16-/m1/s1. The molecule has 4 rings (SSSR count). The summed E-state index contributed by atoms with van der Waals surface area (Å²) in [5.74, 6) is 1.31. The van der Waals surface area contributed by atoms with Crippen LogP contribution >= 0.6 is 0 Å². The molecule has 2 atom stereocenters. The van der Waals surface area contributed by atoms with E-state index in [1.807, 2.05) is 0 Å². The van der Waals surface area contributed by atoms with Gasteiger partial charge in [0.15, 0.2) is 0 Å². The number of rotatable bonds is 4. The number of hydrogen-bond acceptors (Lipinski definition) is 6. The molecule has 0 spiro atoms. The predicted octanol–water partition coefficient (Wildman–Crippen LogP) is 1.57. The summed E-state index contributed by atoms with van der Waals surface area (Å²) in [6.45, 7) is 4.40. The third-order valence-electron chi connectivity index (χ3n) is 4.75. The molecule has 2 aromatic rings. The minimum absolute atomic E-state index is 0.206. The fourth-order valence-corrected chi connectivity index (χ4v) is 3.53. The van der Waals surface area contributed by atoms with Crippen LogP contribution in [0.3, 0.4) is 0 Å². The van der Waals surface area contributed by atoms with Gasteiger partial charge in [-0.1, -0.05) is 30.3 Å². The minimum Gasteiger partial charge on any atom is -0.481 e. The second kappa shape index (κ2) is 6.75. The molecule has 6 heteroatoms. The maximum atomic E-state index is 6.01. The maximum absolute atomic E-state index is 6.01. The zero-order chi connectivity index (χ0) is 16.4. The van der Waals surface area contributed by atoms with Crippen molar-refractivity contribution in [3.05, 3.63) is 48.2 Å². The predicted molar refractivity (Wildman–Crippen MR) is 91.2 cm³/mol. The molecule has 0 unspecified atom stereocenters. The number of anilines is 1. The van der Waals surface area contributed by atoms with Crippen molar-refractivity contribution in [1.29, 1.82) is 0 Å². The third kappa shape index (κ3) is 3.07. The van der Waals surface area contributed by atoms with E-state index in [1.54, 1.807) is 19.4 Å². The van der Waals surface area contributed by atoms with Gasteiger partial charge in [0.1, 0.15) is 0 Å². The van der Waals surface area contributed by atoms with E-state index in [-0.39, 0.29) is 6.10 Å². The Balaban J connectivity index is 1.49. The molecule has 0 N–H and O–H groups in total. The summed E-state index contributed by atoms with van der Waals surface area (Å²) < 4.78 is 11.2. The summed E-state index contributed by atoms with van der Waals surface area (Å²) in [6.07, 6.45) is 1.95. The number of hydrogen-bond donors (Lipinski definition) is 0. The third-order valence-corrected chi connectivity index (χ3v) is 4.75. The van der Waals surface area contributed by atoms with Gasteiger partial charge in [0.25, 0.3) is 0 Å². The molecule has 2 fully saturated rings. The molecule has 0 saturated carbocycles. The molecule has 1 aromatic carbocycles. The Morgan fingerprint density at radius 3 is 2.92 bits per heavy atom. The van der Waals surface area contributed by atoms with Crippen LogP contribution < -0.4 is 9.64 Å². The van der Waals surface area contributed by atoms with Crippen LogP contribution in [0.2, 0.25) is 0 Å². The fourth-order valence-electron chi connectivity index (χ4n) is 3.53. The second-order valence-corrected chi connectivity index (χ2v) is 6.24. The van der Waals surface area contributed by atoms with Crippen LogP contribution in [0.5, 0.6) is 5.88 Å². The van der Waals surface area contributed by atoms with Crippen LogP contribution in [-0.2, 0) is 11.3 Å². The number of benzene rings is 1. The molecule has 0 bridgehead atoms. The summed E-state index contributed by atoms with van der Waals surface area (Å²) in [6, 6.07) is 12.8. The van der Waals surface area contributed by atoms with Gasteiger partial charge in [-0.25, -0.2) is 4.98 Å². The normalized spacial score (nSPS) is 24.0. The lowest BCUT2D eigenvalue weighted by Crippen LogP contribution is -2.50. The Hall–Kier alpha value is -2.18. The quantitative estimate of drug-likeness (QED) is 0.850. The van der Waals surface area contributed by atoms with Gasteiger partial charge >= 0.3 is 0 Å². The Labute approximate surface area is 142 Å². The molecule has 24 heavy (non-hydrogen) atoms. The topological polar surface area (TPSA) is 50.7 Å². The summed E-state index contributed by atoms with van der Waals surface area (Å²) in [4.78, 5) is 13.6. The van der Waals surface area contributed by atoms with E-state index in [2.05, 4.69) is 50.1 Å². The number of morpholine rings is 1. The van der Waals surface area contributed by atoms with Gasteiger partial charge in [0.2, 0.25) is 11.8 Å². The lowest BCUT2D eigenvalue weighted by molar-refractivity contribution is -0.0499. The molecular formula is C18H22N4O2. The first-order valence-corrected chi connectivity index (χ1v) is 8.35. The molecule has 0 aliphatic carbocycles. The van der Waals surface area contributed by atoms with Gasteiger partial charge in [-0.05, 0) is 5.56 Å². The van der Waals surface area contributed by atoms with Crippen molar-refractivity contribution < 1.29 is 9.47 Å². The van der Waals surface area contributed by atoms with Crippen LogP contribution in [0, 0.1) is 0 Å². The highest BCUT2D eigenvalue weighted by Gasteiger charge is 2.40. The van der Waals surface area contributed by atoms with Gasteiger partial charge in [-0.2, -0.15) is 4.98 Å². The summed E-state index contributed by atoms with van der Waals surface area (Å²) in [5.41, 5.74) is 1.34. The number of fused-ring (bicyclic) bond motifs is 1. The average Bonchev–Trinajstić information content (AvgIpc) is 3.08.